The Balaban J connectivity index is 0.00000324. The quantitative estimate of drug-likeness (QED) is 0.377. The van der Waals surface area contributed by atoms with E-state index in [1.165, 1.54) is 0 Å². The molecular weight excluding hydrogens is 353 g/mol. The number of hydrogen-bond donors (Lipinski definition) is 0. The Kier molecular flexibility index (Phi) is 8.25. The van der Waals surface area contributed by atoms with Crippen LogP contribution in [0, 0.1) is 0 Å². The van der Waals surface area contributed by atoms with Crippen molar-refractivity contribution >= 4 is 5.97 Å². The lowest BCUT2D eigenvalue weighted by Crippen LogP contribution is -3.00. The van der Waals surface area contributed by atoms with E-state index in [2.05, 4.69) is 21.1 Å². The normalized spacial score (nSPS) is 12.4. The second-order valence-electron chi connectivity index (χ2n) is 5.55. The summed E-state index contributed by atoms with van der Waals surface area (Å²) in [5, 5.41) is 0. The van der Waals surface area contributed by atoms with Gasteiger partial charge in [0.15, 0.2) is 0 Å². The average Bonchev–Trinajstić information content (AvgIpc) is 2.29. The molecule has 0 saturated carbocycles. The van der Waals surface area contributed by atoms with Gasteiger partial charge in [0.2, 0.25) is 0 Å². The molecule has 108 valence electrons. The lowest BCUT2D eigenvalue weighted by Gasteiger charge is -2.24. The summed E-state index contributed by atoms with van der Waals surface area (Å²) in [6.45, 7) is 3.32. The van der Waals surface area contributed by atoms with Crippen molar-refractivity contribution in [2.75, 3.05) is 34.3 Å². The van der Waals surface area contributed by atoms with Crippen LogP contribution in [-0.4, -0.2) is 44.7 Å². The third kappa shape index (κ3) is 6.92. The minimum Gasteiger partial charge on any atom is -1.00 e. The highest BCUT2D eigenvalue weighted by Crippen LogP contribution is 2.20. The first-order chi connectivity index (χ1) is 8.44. The highest BCUT2D eigenvalue weighted by molar-refractivity contribution is 5.78. The largest absolute Gasteiger partial charge is 1.00 e. The number of carbonyl (C=O) groups excluding carboxylic acids is 1. The Morgan fingerprint density at radius 3 is 2.26 bits per heavy atom. The summed E-state index contributed by atoms with van der Waals surface area (Å²) < 4.78 is 6.17. The van der Waals surface area contributed by atoms with E-state index >= 15 is 0 Å². The van der Waals surface area contributed by atoms with Crippen LogP contribution in [-0.2, 0) is 9.53 Å². The zero-order chi connectivity index (χ0) is 13.6. The predicted octanol–water partition coefficient (Wildman–Crippen LogP) is -0.566. The third-order valence-electron chi connectivity index (χ3n) is 2.90. The Morgan fingerprint density at radius 1 is 1.21 bits per heavy atom. The fourth-order valence-corrected chi connectivity index (χ4v) is 1.74. The number of quaternary nitrogens is 1. The minimum absolute atomic E-state index is 0. The maximum absolute atomic E-state index is 12.0. The van der Waals surface area contributed by atoms with Crippen molar-refractivity contribution < 1.29 is 38.0 Å². The van der Waals surface area contributed by atoms with Gasteiger partial charge in [-0.25, -0.2) is 0 Å². The number of benzene rings is 1. The second kappa shape index (κ2) is 8.53. The second-order valence-corrected chi connectivity index (χ2v) is 5.55. The van der Waals surface area contributed by atoms with Gasteiger partial charge in [0.05, 0.1) is 27.1 Å². The molecule has 0 saturated heterocycles. The molecule has 1 aromatic rings. The smallest absolute Gasteiger partial charge is 0.313 e. The summed E-state index contributed by atoms with van der Waals surface area (Å²) in [6.07, 6.45) is 0.771. The number of likely N-dealkylation sites (N-methyl/N-ethyl adjacent to an activating group) is 1. The van der Waals surface area contributed by atoms with Gasteiger partial charge >= 0.3 is 5.97 Å². The molecule has 0 heterocycles. The molecule has 3 nitrogen and oxygen atoms in total. The summed E-state index contributed by atoms with van der Waals surface area (Å²) in [7, 11) is 6.26. The molecule has 0 bridgehead atoms. The molecule has 0 N–H and O–H groups in total. The number of nitrogens with zero attached hydrogens (tertiary/aromatic N) is 1. The van der Waals surface area contributed by atoms with Crippen LogP contribution < -0.4 is 24.0 Å². The molecule has 0 aliphatic carbocycles. The van der Waals surface area contributed by atoms with Crippen LogP contribution in [0.15, 0.2) is 30.3 Å². The average molecular weight is 377 g/mol. The summed E-state index contributed by atoms with van der Waals surface area (Å²) in [5.74, 6) is -0.254. The zero-order valence-corrected chi connectivity index (χ0v) is 14.4. The van der Waals surface area contributed by atoms with Crippen LogP contribution in [0.3, 0.4) is 0 Å². The fraction of sp³-hybridized carbons (Fsp3) is 0.533. The van der Waals surface area contributed by atoms with Crippen LogP contribution in [0.1, 0.15) is 24.8 Å². The van der Waals surface area contributed by atoms with E-state index in [4.69, 9.17) is 4.74 Å². The van der Waals surface area contributed by atoms with Crippen LogP contribution in [0.25, 0.3) is 0 Å². The first-order valence-electron chi connectivity index (χ1n) is 6.46. The maximum atomic E-state index is 12.0. The SMILES string of the molecule is CCC(C(=O)OCC[N+](C)(C)C)c1ccccc1.[I-]. The van der Waals surface area contributed by atoms with Crippen molar-refractivity contribution in [3.8, 4) is 0 Å². The Labute approximate surface area is 133 Å². The molecule has 1 atom stereocenters. The number of halogens is 1. The van der Waals surface area contributed by atoms with Crippen molar-refractivity contribution in [2.24, 2.45) is 0 Å². The molecule has 0 aliphatic rings. The van der Waals surface area contributed by atoms with Gasteiger partial charge in [0, 0.05) is 0 Å². The topological polar surface area (TPSA) is 26.3 Å². The molecule has 4 heteroatoms. The number of carbonyl (C=O) groups is 1. The number of esters is 1. The highest BCUT2D eigenvalue weighted by Gasteiger charge is 2.20. The third-order valence-corrected chi connectivity index (χ3v) is 2.90. The molecule has 0 fully saturated rings. The van der Waals surface area contributed by atoms with Gasteiger partial charge in [-0.2, -0.15) is 0 Å². The fourth-order valence-electron chi connectivity index (χ4n) is 1.74. The van der Waals surface area contributed by atoms with Gasteiger partial charge in [-0.1, -0.05) is 37.3 Å². The number of hydrogen-bond acceptors (Lipinski definition) is 2. The number of ether oxygens (including phenoxy) is 1. The summed E-state index contributed by atoms with van der Waals surface area (Å²) >= 11 is 0. The first-order valence-corrected chi connectivity index (χ1v) is 6.46. The molecule has 19 heavy (non-hydrogen) atoms. The Bertz CT molecular complexity index is 373. The van der Waals surface area contributed by atoms with Gasteiger partial charge in [-0.15, -0.1) is 0 Å². The highest BCUT2D eigenvalue weighted by atomic mass is 127. The molecule has 0 radical (unpaired) electrons. The van der Waals surface area contributed by atoms with Crippen molar-refractivity contribution in [1.82, 2.24) is 0 Å². The molecule has 0 spiro atoms. The van der Waals surface area contributed by atoms with E-state index in [9.17, 15) is 4.79 Å². The molecule has 0 aliphatic heterocycles. The summed E-state index contributed by atoms with van der Waals surface area (Å²) in [5.41, 5.74) is 1.04. The van der Waals surface area contributed by atoms with Crippen LogP contribution in [0.2, 0.25) is 0 Å². The van der Waals surface area contributed by atoms with E-state index in [-0.39, 0.29) is 35.9 Å². The minimum atomic E-state index is -0.140. The molecule has 0 amide bonds. The lowest BCUT2D eigenvalue weighted by molar-refractivity contribution is -0.870. The van der Waals surface area contributed by atoms with Crippen molar-refractivity contribution in [3.63, 3.8) is 0 Å². The lowest BCUT2D eigenvalue weighted by atomic mass is 9.97. The van der Waals surface area contributed by atoms with Gasteiger partial charge in [-0.05, 0) is 12.0 Å². The molecule has 0 aromatic heterocycles. The van der Waals surface area contributed by atoms with Gasteiger partial charge in [-0.3, -0.25) is 4.79 Å². The Morgan fingerprint density at radius 2 is 1.79 bits per heavy atom. The van der Waals surface area contributed by atoms with Crippen LogP contribution in [0.5, 0.6) is 0 Å². The maximum Gasteiger partial charge on any atom is 0.313 e. The monoisotopic (exact) mass is 377 g/mol. The summed E-state index contributed by atoms with van der Waals surface area (Å²) in [4.78, 5) is 12.0. The van der Waals surface area contributed by atoms with E-state index in [0.29, 0.717) is 6.61 Å². The van der Waals surface area contributed by atoms with E-state index in [1.54, 1.807) is 0 Å². The van der Waals surface area contributed by atoms with Crippen molar-refractivity contribution in [3.05, 3.63) is 35.9 Å². The first kappa shape index (κ1) is 18.4. The van der Waals surface area contributed by atoms with Gasteiger partial charge < -0.3 is 33.2 Å². The van der Waals surface area contributed by atoms with E-state index < -0.39 is 0 Å². The van der Waals surface area contributed by atoms with Gasteiger partial charge in [0.1, 0.15) is 13.2 Å². The predicted molar refractivity (Wildman–Crippen MR) is 73.3 cm³/mol. The summed E-state index contributed by atoms with van der Waals surface area (Å²) in [6, 6.07) is 9.83. The van der Waals surface area contributed by atoms with Crippen LogP contribution >= 0.6 is 0 Å². The number of rotatable bonds is 6. The van der Waals surface area contributed by atoms with E-state index in [1.807, 2.05) is 37.3 Å². The Hall–Kier alpha value is -0.620. The zero-order valence-electron chi connectivity index (χ0n) is 12.2. The van der Waals surface area contributed by atoms with Crippen LogP contribution in [0.4, 0.5) is 0 Å². The molecule has 1 rings (SSSR count). The van der Waals surface area contributed by atoms with Crippen molar-refractivity contribution in [2.45, 2.75) is 19.3 Å². The van der Waals surface area contributed by atoms with E-state index in [0.717, 1.165) is 23.0 Å². The van der Waals surface area contributed by atoms with Gasteiger partial charge in [0.25, 0.3) is 0 Å². The molecule has 1 aromatic carbocycles. The molecule has 1 unspecified atom stereocenters. The molecular formula is C15H24INO2. The standard InChI is InChI=1S/C15H24NO2.HI/c1-5-14(13-9-7-6-8-10-13)15(17)18-12-11-16(2,3)4;/h6-10,14H,5,11-12H2,1-4H3;1H/q+1;/p-1. The van der Waals surface area contributed by atoms with Crippen molar-refractivity contribution in [1.29, 1.82) is 0 Å².